The molecule has 0 aliphatic rings. The highest BCUT2D eigenvalue weighted by Crippen LogP contribution is 2.20. The van der Waals surface area contributed by atoms with Crippen LogP contribution in [0.1, 0.15) is 10.4 Å². The Balaban J connectivity index is 2.78. The van der Waals surface area contributed by atoms with Gasteiger partial charge in [0.05, 0.1) is 5.56 Å². The van der Waals surface area contributed by atoms with Crippen LogP contribution >= 0.6 is 15.9 Å². The molecule has 0 amide bonds. The van der Waals surface area contributed by atoms with Crippen LogP contribution in [0.3, 0.4) is 0 Å². The van der Waals surface area contributed by atoms with E-state index < -0.39 is 16.8 Å². The molecule has 0 bridgehead atoms. The van der Waals surface area contributed by atoms with Gasteiger partial charge in [0, 0.05) is 39.5 Å². The van der Waals surface area contributed by atoms with Crippen molar-refractivity contribution in [2.24, 2.45) is 0 Å². The molecule has 1 rings (SSSR count). The van der Waals surface area contributed by atoms with Crippen LogP contribution in [-0.2, 0) is 10.8 Å². The number of hydrogen-bond acceptors (Lipinski definition) is 3. The lowest BCUT2D eigenvalue weighted by Crippen LogP contribution is -2.12. The Hall–Kier alpha value is -0.880. The fourth-order valence-electron chi connectivity index (χ4n) is 1.18. The minimum atomic E-state index is -0.985. The molecule has 2 N–H and O–H groups in total. The van der Waals surface area contributed by atoms with Gasteiger partial charge in [-0.3, -0.25) is 4.21 Å². The molecule has 1 atom stereocenters. The van der Waals surface area contributed by atoms with Crippen molar-refractivity contribution >= 4 is 38.4 Å². The van der Waals surface area contributed by atoms with Gasteiger partial charge in [-0.2, -0.15) is 0 Å². The number of carboxylic acid groups (broad SMARTS) is 1. The van der Waals surface area contributed by atoms with Crippen LogP contribution in [0.25, 0.3) is 0 Å². The number of benzene rings is 1. The third-order valence-electron chi connectivity index (χ3n) is 1.92. The molecule has 1 unspecified atom stereocenters. The molecular weight excluding hydrogens is 294 g/mol. The van der Waals surface area contributed by atoms with E-state index in [1.807, 2.05) is 0 Å². The number of halogens is 1. The van der Waals surface area contributed by atoms with Crippen molar-refractivity contribution in [3.8, 4) is 0 Å². The monoisotopic (exact) mass is 305 g/mol. The lowest BCUT2D eigenvalue weighted by atomic mass is 10.2. The Labute approximate surface area is 105 Å². The van der Waals surface area contributed by atoms with Gasteiger partial charge in [-0.05, 0) is 18.2 Å². The SMILES string of the molecule is CS(=O)CCNc1ccc(Br)cc1C(=O)O. The quantitative estimate of drug-likeness (QED) is 0.872. The Morgan fingerprint density at radius 2 is 2.25 bits per heavy atom. The van der Waals surface area contributed by atoms with Crippen LogP contribution in [0.15, 0.2) is 22.7 Å². The summed E-state index contributed by atoms with van der Waals surface area (Å²) in [6.07, 6.45) is 1.61. The van der Waals surface area contributed by atoms with Gasteiger partial charge in [0.25, 0.3) is 0 Å². The van der Waals surface area contributed by atoms with Crippen molar-refractivity contribution < 1.29 is 14.1 Å². The number of carbonyl (C=O) groups is 1. The van der Waals surface area contributed by atoms with Gasteiger partial charge in [-0.15, -0.1) is 0 Å². The topological polar surface area (TPSA) is 66.4 Å². The Morgan fingerprint density at radius 3 is 2.81 bits per heavy atom. The first-order valence-corrected chi connectivity index (χ1v) is 7.09. The third-order valence-corrected chi connectivity index (χ3v) is 3.19. The first-order chi connectivity index (χ1) is 7.50. The minimum Gasteiger partial charge on any atom is -0.478 e. The zero-order valence-corrected chi connectivity index (χ0v) is 11.1. The molecule has 0 fully saturated rings. The summed E-state index contributed by atoms with van der Waals surface area (Å²) in [5, 5.41) is 11.9. The molecule has 0 aliphatic carbocycles. The van der Waals surface area contributed by atoms with E-state index in [2.05, 4.69) is 21.2 Å². The van der Waals surface area contributed by atoms with E-state index in [4.69, 9.17) is 5.11 Å². The summed E-state index contributed by atoms with van der Waals surface area (Å²) in [5.74, 6) is -0.490. The van der Waals surface area contributed by atoms with E-state index in [1.165, 1.54) is 6.07 Å². The molecule has 6 heteroatoms. The van der Waals surface area contributed by atoms with Gasteiger partial charge in [0.1, 0.15) is 0 Å². The predicted octanol–water partition coefficient (Wildman–Crippen LogP) is 1.94. The second kappa shape index (κ2) is 6.00. The van der Waals surface area contributed by atoms with Crippen LogP contribution in [0.4, 0.5) is 5.69 Å². The molecule has 4 nitrogen and oxygen atoms in total. The summed E-state index contributed by atoms with van der Waals surface area (Å²) in [7, 11) is -0.880. The van der Waals surface area contributed by atoms with Crippen LogP contribution in [0.5, 0.6) is 0 Å². The van der Waals surface area contributed by atoms with Crippen molar-refractivity contribution in [1.82, 2.24) is 0 Å². The fraction of sp³-hybridized carbons (Fsp3) is 0.300. The summed E-state index contributed by atoms with van der Waals surface area (Å²) in [5.41, 5.74) is 0.748. The predicted molar refractivity (Wildman–Crippen MR) is 68.5 cm³/mol. The van der Waals surface area contributed by atoms with Crippen molar-refractivity contribution in [1.29, 1.82) is 0 Å². The molecule has 0 aromatic heterocycles. The highest BCUT2D eigenvalue weighted by Gasteiger charge is 2.09. The molecule has 1 aromatic rings. The largest absolute Gasteiger partial charge is 0.478 e. The number of rotatable bonds is 5. The number of hydrogen-bond donors (Lipinski definition) is 2. The summed E-state index contributed by atoms with van der Waals surface area (Å²) >= 11 is 3.22. The second-order valence-electron chi connectivity index (χ2n) is 3.20. The van der Waals surface area contributed by atoms with E-state index in [0.717, 1.165) is 4.47 Å². The molecule has 1 aromatic carbocycles. The van der Waals surface area contributed by atoms with Gasteiger partial charge >= 0.3 is 5.97 Å². The highest BCUT2D eigenvalue weighted by molar-refractivity contribution is 9.10. The standard InChI is InChI=1S/C10H12BrNO3S/c1-16(15)5-4-12-9-3-2-7(11)6-8(9)10(13)14/h2-3,6,12H,4-5H2,1H3,(H,13,14). The zero-order chi connectivity index (χ0) is 12.1. The lowest BCUT2D eigenvalue weighted by Gasteiger charge is -2.09. The van der Waals surface area contributed by atoms with Gasteiger partial charge in [0.15, 0.2) is 0 Å². The summed E-state index contributed by atoms with van der Waals surface area (Å²) in [4.78, 5) is 11.0. The maximum absolute atomic E-state index is 11.0. The lowest BCUT2D eigenvalue weighted by molar-refractivity contribution is 0.0698. The maximum Gasteiger partial charge on any atom is 0.337 e. The maximum atomic E-state index is 11.0. The second-order valence-corrected chi connectivity index (χ2v) is 5.67. The molecule has 0 spiro atoms. The molecular formula is C10H12BrNO3S. The van der Waals surface area contributed by atoms with Gasteiger partial charge in [-0.1, -0.05) is 15.9 Å². The Bertz CT molecular complexity index is 423. The summed E-state index contributed by atoms with van der Waals surface area (Å²) in [6, 6.07) is 4.98. The number of aromatic carboxylic acids is 1. The number of carboxylic acids is 1. The van der Waals surface area contributed by atoms with E-state index in [-0.39, 0.29) is 5.56 Å². The van der Waals surface area contributed by atoms with Crippen molar-refractivity contribution in [2.75, 3.05) is 23.9 Å². The first kappa shape index (κ1) is 13.2. The highest BCUT2D eigenvalue weighted by atomic mass is 79.9. The first-order valence-electron chi connectivity index (χ1n) is 4.57. The summed E-state index contributed by atoms with van der Waals surface area (Å²) in [6.45, 7) is 0.491. The molecule has 16 heavy (non-hydrogen) atoms. The van der Waals surface area contributed by atoms with Crippen LogP contribution in [0.2, 0.25) is 0 Å². The number of anilines is 1. The normalized spacial score (nSPS) is 12.1. The van der Waals surface area contributed by atoms with Crippen molar-refractivity contribution in [2.45, 2.75) is 0 Å². The van der Waals surface area contributed by atoms with Gasteiger partial charge in [0.2, 0.25) is 0 Å². The third kappa shape index (κ3) is 3.94. The van der Waals surface area contributed by atoms with Gasteiger partial charge in [-0.25, -0.2) is 4.79 Å². The number of nitrogens with one attached hydrogen (secondary N) is 1. The van der Waals surface area contributed by atoms with E-state index >= 15 is 0 Å². The van der Waals surface area contributed by atoms with Crippen LogP contribution < -0.4 is 5.32 Å². The fourth-order valence-corrected chi connectivity index (χ4v) is 1.93. The minimum absolute atomic E-state index is 0.205. The van der Waals surface area contributed by atoms with Crippen molar-refractivity contribution in [3.05, 3.63) is 28.2 Å². The molecule has 88 valence electrons. The van der Waals surface area contributed by atoms with E-state index in [1.54, 1.807) is 18.4 Å². The summed E-state index contributed by atoms with van der Waals surface area (Å²) < 4.78 is 11.6. The van der Waals surface area contributed by atoms with E-state index in [0.29, 0.717) is 18.0 Å². The van der Waals surface area contributed by atoms with Crippen LogP contribution in [-0.4, -0.2) is 33.8 Å². The smallest absolute Gasteiger partial charge is 0.337 e. The molecule has 0 saturated heterocycles. The molecule has 0 aliphatic heterocycles. The molecule has 0 heterocycles. The average molecular weight is 306 g/mol. The van der Waals surface area contributed by atoms with E-state index in [9.17, 15) is 9.00 Å². The van der Waals surface area contributed by atoms with Gasteiger partial charge < -0.3 is 10.4 Å². The van der Waals surface area contributed by atoms with Crippen LogP contribution in [0, 0.1) is 0 Å². The van der Waals surface area contributed by atoms with Crippen molar-refractivity contribution in [3.63, 3.8) is 0 Å². The molecule has 0 saturated carbocycles. The average Bonchev–Trinajstić information content (AvgIpc) is 2.19. The Kier molecular flexibility index (Phi) is 4.95. The molecule has 0 radical (unpaired) electrons. The Morgan fingerprint density at radius 1 is 1.56 bits per heavy atom. The zero-order valence-electron chi connectivity index (χ0n) is 8.70.